The molecule has 7 heteroatoms. The Kier molecular flexibility index (Phi) is 11.0. The molecule has 0 unspecified atom stereocenters. The summed E-state index contributed by atoms with van der Waals surface area (Å²) in [7, 11) is 0. The molecule has 2 aliphatic rings. The first-order valence-corrected chi connectivity index (χ1v) is 23.2. The van der Waals surface area contributed by atoms with Gasteiger partial charge in [0.25, 0.3) is 0 Å². The first kappa shape index (κ1) is 34.0. The van der Waals surface area contributed by atoms with Crippen molar-refractivity contribution in [2.24, 2.45) is 0 Å². The summed E-state index contributed by atoms with van der Waals surface area (Å²) in [5.74, 6) is 1.93. The number of rotatable bonds is 16. The third-order valence-electron chi connectivity index (χ3n) is 9.09. The summed E-state index contributed by atoms with van der Waals surface area (Å²) in [6.07, 6.45) is 0. The van der Waals surface area contributed by atoms with Crippen LogP contribution in [-0.4, -0.2) is 82.2 Å². The molecule has 0 aliphatic carbocycles. The van der Waals surface area contributed by atoms with Crippen molar-refractivity contribution in [2.75, 3.05) is 52.9 Å². The Hall–Kier alpha value is -4.08. The molecule has 0 atom stereocenters. The number of ether oxygens (including phenoxy) is 5. The van der Waals surface area contributed by atoms with Crippen LogP contribution in [0.15, 0.2) is 146 Å². The van der Waals surface area contributed by atoms with Crippen molar-refractivity contribution in [1.29, 1.82) is 0 Å². The van der Waals surface area contributed by atoms with E-state index in [9.17, 15) is 0 Å². The van der Waals surface area contributed by atoms with Gasteiger partial charge >= 0.3 is 311 Å². The van der Waals surface area contributed by atoms with Gasteiger partial charge in [-0.05, 0) is 0 Å². The molecule has 0 fully saturated rings. The van der Waals surface area contributed by atoms with E-state index >= 15 is 0 Å². The SMILES string of the molecule is c1ccc([As]2c3ccccc3-c3ccccc32)c(OCCOCCOCCOCCOc2ccccc2[As]2c3ccccc3-c3ccccc32)c1. The Labute approximate surface area is 309 Å². The van der Waals surface area contributed by atoms with Crippen LogP contribution in [0.25, 0.3) is 22.3 Å². The molecule has 5 nitrogen and oxygen atoms in total. The van der Waals surface area contributed by atoms with Crippen LogP contribution < -0.4 is 35.6 Å². The summed E-state index contributed by atoms with van der Waals surface area (Å²) < 4.78 is 38.5. The van der Waals surface area contributed by atoms with E-state index in [0.717, 1.165) is 11.5 Å². The molecule has 6 aromatic carbocycles. The second-order valence-corrected chi connectivity index (χ2v) is 21.1. The summed E-state index contributed by atoms with van der Waals surface area (Å²) in [5, 5.41) is 0. The third-order valence-corrected chi connectivity index (χ3v) is 20.0. The van der Waals surface area contributed by atoms with Crippen LogP contribution in [-0.2, 0) is 14.2 Å². The van der Waals surface area contributed by atoms with Gasteiger partial charge in [-0.1, -0.05) is 0 Å². The standard InChI is InChI=1S/C44H40As2O5/c1-5-17-37-33(13-1)34-14-2-6-18-38(34)45(37)41-21-9-11-23-43(41)50-31-29-48-27-25-47-26-28-49-30-32-51-44-24-12-10-22-42(44)46-39-19-7-3-15-35(39)36-16-4-8-20-40(36)46/h1-24H,25-32H2. The van der Waals surface area contributed by atoms with E-state index in [1.807, 2.05) is 0 Å². The molecule has 0 spiro atoms. The molecule has 2 aliphatic heterocycles. The van der Waals surface area contributed by atoms with Crippen LogP contribution >= 0.6 is 0 Å². The van der Waals surface area contributed by atoms with Crippen molar-refractivity contribution in [1.82, 2.24) is 0 Å². The van der Waals surface area contributed by atoms with Crippen molar-refractivity contribution in [3.05, 3.63) is 146 Å². The van der Waals surface area contributed by atoms with Crippen molar-refractivity contribution in [2.45, 2.75) is 0 Å². The van der Waals surface area contributed by atoms with E-state index in [1.165, 1.54) is 48.4 Å². The van der Waals surface area contributed by atoms with Gasteiger partial charge in [0.1, 0.15) is 0 Å². The van der Waals surface area contributed by atoms with Crippen molar-refractivity contribution >= 4 is 55.4 Å². The average Bonchev–Trinajstić information content (AvgIpc) is 3.70. The quantitative estimate of drug-likeness (QED) is 0.109. The first-order valence-electron chi connectivity index (χ1n) is 17.5. The van der Waals surface area contributed by atoms with Crippen LogP contribution in [0.1, 0.15) is 0 Å². The summed E-state index contributed by atoms with van der Waals surface area (Å²) in [6, 6.07) is 52.4. The van der Waals surface area contributed by atoms with Gasteiger partial charge in [0, 0.05) is 0 Å². The molecule has 0 aromatic heterocycles. The number of para-hydroxylation sites is 2. The molecule has 0 amide bonds. The Morgan fingerprint density at radius 1 is 0.275 bits per heavy atom. The molecule has 0 radical (unpaired) electrons. The topological polar surface area (TPSA) is 46.2 Å². The molecular weight excluding hydrogens is 758 g/mol. The van der Waals surface area contributed by atoms with Gasteiger partial charge in [0.15, 0.2) is 0 Å². The minimum atomic E-state index is -1.70. The van der Waals surface area contributed by atoms with Crippen molar-refractivity contribution < 1.29 is 23.7 Å². The molecule has 256 valence electrons. The van der Waals surface area contributed by atoms with Gasteiger partial charge in [-0.15, -0.1) is 0 Å². The Morgan fingerprint density at radius 3 is 0.863 bits per heavy atom. The zero-order valence-electron chi connectivity index (χ0n) is 28.4. The van der Waals surface area contributed by atoms with E-state index < -0.39 is 29.3 Å². The van der Waals surface area contributed by atoms with E-state index in [-0.39, 0.29) is 0 Å². The maximum atomic E-state index is 6.30. The summed E-state index contributed by atoms with van der Waals surface area (Å²) in [4.78, 5) is 0. The molecule has 6 aromatic rings. The van der Waals surface area contributed by atoms with Crippen LogP contribution in [0.3, 0.4) is 0 Å². The van der Waals surface area contributed by atoms with Crippen molar-refractivity contribution in [3.8, 4) is 33.8 Å². The van der Waals surface area contributed by atoms with E-state index in [4.69, 9.17) is 23.7 Å². The molecule has 51 heavy (non-hydrogen) atoms. The van der Waals surface area contributed by atoms with Crippen LogP contribution in [0.2, 0.25) is 0 Å². The van der Waals surface area contributed by atoms with E-state index in [2.05, 4.69) is 146 Å². The van der Waals surface area contributed by atoms with Gasteiger partial charge in [0.05, 0.1) is 0 Å². The Bertz CT molecular complexity index is 1860. The minimum absolute atomic E-state index is 0.497. The zero-order chi connectivity index (χ0) is 34.2. The average molecular weight is 799 g/mol. The molecule has 8 rings (SSSR count). The Balaban J connectivity index is 0.736. The molecule has 2 heterocycles. The van der Waals surface area contributed by atoms with E-state index in [0.29, 0.717) is 52.9 Å². The fourth-order valence-corrected chi connectivity index (χ4v) is 18.2. The first-order chi connectivity index (χ1) is 25.4. The summed E-state index contributed by atoms with van der Waals surface area (Å²) in [6.45, 7) is 4.07. The number of benzene rings is 6. The number of fused-ring (bicyclic) bond motifs is 6. The Morgan fingerprint density at radius 2 is 0.529 bits per heavy atom. The molecule has 0 saturated carbocycles. The molecular formula is C44H40As2O5. The monoisotopic (exact) mass is 798 g/mol. The predicted molar refractivity (Wildman–Crippen MR) is 209 cm³/mol. The summed E-state index contributed by atoms with van der Waals surface area (Å²) in [5.41, 5.74) is 5.46. The summed E-state index contributed by atoms with van der Waals surface area (Å²) >= 11 is -3.40. The third kappa shape index (κ3) is 7.33. The molecule has 0 saturated heterocycles. The van der Waals surface area contributed by atoms with Gasteiger partial charge in [-0.2, -0.15) is 0 Å². The van der Waals surface area contributed by atoms with Gasteiger partial charge in [0.2, 0.25) is 0 Å². The number of hydrogen-bond acceptors (Lipinski definition) is 5. The predicted octanol–water partition coefficient (Wildman–Crippen LogP) is 4.19. The fraction of sp³-hybridized carbons (Fsp3) is 0.182. The second kappa shape index (κ2) is 16.5. The van der Waals surface area contributed by atoms with Crippen LogP contribution in [0.5, 0.6) is 11.5 Å². The van der Waals surface area contributed by atoms with Crippen LogP contribution in [0.4, 0.5) is 0 Å². The van der Waals surface area contributed by atoms with Crippen LogP contribution in [0, 0.1) is 0 Å². The van der Waals surface area contributed by atoms with E-state index in [1.54, 1.807) is 0 Å². The van der Waals surface area contributed by atoms with Crippen molar-refractivity contribution in [3.63, 3.8) is 0 Å². The fourth-order valence-electron chi connectivity index (χ4n) is 6.86. The molecule has 0 bridgehead atoms. The van der Waals surface area contributed by atoms with Gasteiger partial charge in [-0.3, -0.25) is 0 Å². The number of hydrogen-bond donors (Lipinski definition) is 0. The van der Waals surface area contributed by atoms with Gasteiger partial charge in [-0.25, -0.2) is 0 Å². The second-order valence-electron chi connectivity index (χ2n) is 12.2. The zero-order valence-corrected chi connectivity index (χ0v) is 32.2. The maximum absolute atomic E-state index is 6.30. The molecule has 0 N–H and O–H groups in total. The normalized spacial score (nSPS) is 13.0. The van der Waals surface area contributed by atoms with Gasteiger partial charge < -0.3 is 0 Å².